The first-order valence-electron chi connectivity index (χ1n) is 4.29. The third-order valence-electron chi connectivity index (χ3n) is 1.89. The van der Waals surface area contributed by atoms with Gasteiger partial charge in [0.15, 0.2) is 5.58 Å². The molecule has 0 bridgehead atoms. The van der Waals surface area contributed by atoms with E-state index in [2.05, 4.69) is 4.98 Å². The molecule has 0 atom stereocenters. The molecule has 4 nitrogen and oxygen atoms in total. The summed E-state index contributed by atoms with van der Waals surface area (Å²) in [5, 5.41) is 0. The van der Waals surface area contributed by atoms with E-state index in [-0.39, 0.29) is 0 Å². The topological polar surface area (TPSA) is 72.0 Å². The lowest BCUT2D eigenvalue weighted by Gasteiger charge is -1.91. The Kier molecular flexibility index (Phi) is 2.20. The van der Waals surface area contributed by atoms with Gasteiger partial charge < -0.3 is 10.2 Å². The van der Waals surface area contributed by atoms with Crippen LogP contribution in [-0.4, -0.2) is 11.5 Å². The molecule has 1 aromatic carbocycles. The lowest BCUT2D eigenvalue weighted by molar-refractivity contribution is 0.555. The van der Waals surface area contributed by atoms with Crippen LogP contribution in [0.3, 0.4) is 0 Å². The van der Waals surface area contributed by atoms with Crippen molar-refractivity contribution in [2.45, 2.75) is 0 Å². The van der Waals surface area contributed by atoms with E-state index in [1.165, 1.54) is 0 Å². The number of hydrogen-bond donors (Lipinski definition) is 2. The Labute approximate surface area is 80.0 Å². The summed E-state index contributed by atoms with van der Waals surface area (Å²) in [6.07, 6.45) is 3.74. The third kappa shape index (κ3) is 1.60. The number of nitrogens with one attached hydrogen (secondary N) is 1. The Hall–Kier alpha value is -1.81. The van der Waals surface area contributed by atoms with Crippen LogP contribution < -0.4 is 11.5 Å². The molecule has 0 aliphatic heterocycles. The number of nitrogens with two attached hydrogens (primary N) is 1. The van der Waals surface area contributed by atoms with Gasteiger partial charge in [0.2, 0.25) is 0 Å². The van der Waals surface area contributed by atoms with Gasteiger partial charge in [-0.25, -0.2) is 4.79 Å². The van der Waals surface area contributed by atoms with Crippen LogP contribution in [0.15, 0.2) is 33.5 Å². The van der Waals surface area contributed by atoms with Crippen molar-refractivity contribution < 1.29 is 4.42 Å². The van der Waals surface area contributed by atoms with Gasteiger partial charge in [0.1, 0.15) is 0 Å². The fourth-order valence-corrected chi connectivity index (χ4v) is 1.28. The summed E-state index contributed by atoms with van der Waals surface area (Å²) in [6.45, 7) is 0.500. The monoisotopic (exact) mass is 190 g/mol. The molecule has 2 rings (SSSR count). The molecule has 0 aliphatic rings. The second-order valence-corrected chi connectivity index (χ2v) is 2.91. The van der Waals surface area contributed by atoms with Crippen molar-refractivity contribution in [1.29, 1.82) is 0 Å². The van der Waals surface area contributed by atoms with Crippen LogP contribution in [0.1, 0.15) is 5.56 Å². The summed E-state index contributed by atoms with van der Waals surface area (Å²) >= 11 is 0. The number of aromatic nitrogens is 1. The second-order valence-electron chi connectivity index (χ2n) is 2.91. The van der Waals surface area contributed by atoms with Crippen LogP contribution in [0.5, 0.6) is 0 Å². The van der Waals surface area contributed by atoms with Gasteiger partial charge in [-0.2, -0.15) is 0 Å². The Morgan fingerprint density at radius 3 is 3.14 bits per heavy atom. The van der Waals surface area contributed by atoms with E-state index in [4.69, 9.17) is 10.2 Å². The second kappa shape index (κ2) is 3.51. The Bertz CT molecular complexity index is 522. The van der Waals surface area contributed by atoms with E-state index in [0.717, 1.165) is 5.56 Å². The summed E-state index contributed by atoms with van der Waals surface area (Å²) in [7, 11) is 0. The van der Waals surface area contributed by atoms with Crippen molar-refractivity contribution in [3.05, 3.63) is 40.4 Å². The van der Waals surface area contributed by atoms with Crippen molar-refractivity contribution in [2.24, 2.45) is 5.73 Å². The molecule has 2 aromatic rings. The molecule has 1 heterocycles. The molecule has 0 aliphatic carbocycles. The van der Waals surface area contributed by atoms with Crippen LogP contribution in [0.2, 0.25) is 0 Å². The van der Waals surface area contributed by atoms with Crippen molar-refractivity contribution in [1.82, 2.24) is 4.98 Å². The first kappa shape index (κ1) is 8.77. The van der Waals surface area contributed by atoms with Crippen LogP contribution in [0, 0.1) is 0 Å². The van der Waals surface area contributed by atoms with Crippen LogP contribution in [0.4, 0.5) is 0 Å². The van der Waals surface area contributed by atoms with Gasteiger partial charge in [-0.1, -0.05) is 18.2 Å². The summed E-state index contributed by atoms with van der Waals surface area (Å²) in [5.74, 6) is -0.431. The Balaban J connectivity index is 2.50. The predicted octanol–water partition coefficient (Wildman–Crippen LogP) is 1.09. The molecule has 14 heavy (non-hydrogen) atoms. The number of H-pyrrole nitrogens is 1. The largest absolute Gasteiger partial charge is 0.417 e. The van der Waals surface area contributed by atoms with Crippen LogP contribution >= 0.6 is 0 Å². The van der Waals surface area contributed by atoms with E-state index in [0.29, 0.717) is 17.6 Å². The maximum Gasteiger partial charge on any atom is 0.417 e. The number of rotatable bonds is 2. The first-order chi connectivity index (χ1) is 6.79. The molecule has 0 radical (unpaired) electrons. The normalized spacial score (nSPS) is 11.5. The molecular formula is C10H10N2O2. The summed E-state index contributed by atoms with van der Waals surface area (Å²) in [4.78, 5) is 13.4. The van der Waals surface area contributed by atoms with Crippen LogP contribution in [-0.2, 0) is 0 Å². The van der Waals surface area contributed by atoms with Gasteiger partial charge in [-0.3, -0.25) is 4.98 Å². The first-order valence-corrected chi connectivity index (χ1v) is 4.29. The fraction of sp³-hybridized carbons (Fsp3) is 0.100. The highest BCUT2D eigenvalue weighted by molar-refractivity contribution is 5.75. The van der Waals surface area contributed by atoms with Gasteiger partial charge in [0.25, 0.3) is 0 Å². The maximum absolute atomic E-state index is 10.9. The number of benzene rings is 1. The van der Waals surface area contributed by atoms with Gasteiger partial charge in [0, 0.05) is 6.54 Å². The van der Waals surface area contributed by atoms with Gasteiger partial charge >= 0.3 is 5.76 Å². The summed E-state index contributed by atoms with van der Waals surface area (Å²) in [6, 6.07) is 5.46. The molecule has 3 N–H and O–H groups in total. The molecular weight excluding hydrogens is 180 g/mol. The fourth-order valence-electron chi connectivity index (χ4n) is 1.28. The van der Waals surface area contributed by atoms with E-state index in [1.54, 1.807) is 6.07 Å². The minimum absolute atomic E-state index is 0.431. The minimum Gasteiger partial charge on any atom is -0.408 e. The van der Waals surface area contributed by atoms with Gasteiger partial charge in [0.05, 0.1) is 5.52 Å². The average molecular weight is 190 g/mol. The molecule has 0 saturated carbocycles. The quantitative estimate of drug-likeness (QED) is 0.744. The van der Waals surface area contributed by atoms with Crippen molar-refractivity contribution in [2.75, 3.05) is 6.54 Å². The molecule has 4 heteroatoms. The third-order valence-corrected chi connectivity index (χ3v) is 1.89. The van der Waals surface area contributed by atoms with Gasteiger partial charge in [-0.05, 0) is 17.7 Å². The molecule has 0 saturated heterocycles. The minimum atomic E-state index is -0.431. The van der Waals surface area contributed by atoms with E-state index in [9.17, 15) is 4.79 Å². The highest BCUT2D eigenvalue weighted by atomic mass is 16.4. The van der Waals surface area contributed by atoms with Crippen molar-refractivity contribution >= 4 is 17.2 Å². The molecule has 0 amide bonds. The van der Waals surface area contributed by atoms with E-state index >= 15 is 0 Å². The standard InChI is InChI=1S/C10H10N2O2/c11-5-1-2-7-3-4-9-8(6-7)12-10(13)14-9/h1-4,6H,5,11H2,(H,12,13). The summed E-state index contributed by atoms with van der Waals surface area (Å²) in [5.41, 5.74) is 7.59. The van der Waals surface area contributed by atoms with Gasteiger partial charge in [-0.15, -0.1) is 0 Å². The molecule has 72 valence electrons. The number of oxazole rings is 1. The predicted molar refractivity (Wildman–Crippen MR) is 54.9 cm³/mol. The van der Waals surface area contributed by atoms with Crippen LogP contribution in [0.25, 0.3) is 17.2 Å². The van der Waals surface area contributed by atoms with E-state index in [1.807, 2.05) is 24.3 Å². The number of hydrogen-bond acceptors (Lipinski definition) is 3. The SMILES string of the molecule is NCC=Cc1ccc2oc(=O)[nH]c2c1. The maximum atomic E-state index is 10.9. The highest BCUT2D eigenvalue weighted by Crippen LogP contribution is 2.12. The lowest BCUT2D eigenvalue weighted by atomic mass is 10.2. The number of fused-ring (bicyclic) bond motifs is 1. The molecule has 0 spiro atoms. The molecule has 0 unspecified atom stereocenters. The molecule has 0 fully saturated rings. The van der Waals surface area contributed by atoms with E-state index < -0.39 is 5.76 Å². The van der Waals surface area contributed by atoms with Crippen molar-refractivity contribution in [3.63, 3.8) is 0 Å². The summed E-state index contributed by atoms with van der Waals surface area (Å²) < 4.78 is 4.87. The zero-order valence-electron chi connectivity index (χ0n) is 7.49. The average Bonchev–Trinajstić information content (AvgIpc) is 2.54. The Morgan fingerprint density at radius 1 is 1.50 bits per heavy atom. The smallest absolute Gasteiger partial charge is 0.408 e. The molecule has 1 aromatic heterocycles. The highest BCUT2D eigenvalue weighted by Gasteiger charge is 1.99. The number of aromatic amines is 1. The Morgan fingerprint density at radius 2 is 2.36 bits per heavy atom. The lowest BCUT2D eigenvalue weighted by Crippen LogP contribution is -1.93. The van der Waals surface area contributed by atoms with Crippen molar-refractivity contribution in [3.8, 4) is 0 Å². The zero-order chi connectivity index (χ0) is 9.97. The zero-order valence-corrected chi connectivity index (χ0v) is 7.49.